The summed E-state index contributed by atoms with van der Waals surface area (Å²) in [6.45, 7) is 13.7. The second-order valence-electron chi connectivity index (χ2n) is 13.6. The molecule has 1 aromatic heterocycles. The Kier molecular flexibility index (Phi) is 7.04. The smallest absolute Gasteiger partial charge is 0.340 e. The van der Waals surface area contributed by atoms with Crippen molar-refractivity contribution < 1.29 is 22.4 Å². The van der Waals surface area contributed by atoms with Crippen molar-refractivity contribution in [2.45, 2.75) is 101 Å². The molecule has 3 aliphatic carbocycles. The third kappa shape index (κ3) is 5.18. The first-order chi connectivity index (χ1) is 18.1. The van der Waals surface area contributed by atoms with Gasteiger partial charge in [0.05, 0.1) is 5.56 Å². The van der Waals surface area contributed by atoms with Crippen LogP contribution in [0.4, 0.5) is 0 Å². The van der Waals surface area contributed by atoms with Gasteiger partial charge in [-0.05, 0) is 104 Å². The zero-order chi connectivity index (χ0) is 28.4. The van der Waals surface area contributed by atoms with Crippen LogP contribution in [0.1, 0.15) is 87.2 Å². The predicted octanol–water partition coefficient (Wildman–Crippen LogP) is 6.19. The SMILES string of the molecule is CC(C)(C)[Si](C)(C)Oc1ccc2c(c1)CCC1C2CC[C@@]2(C)C1CC[C@@H]2OC(=O)c1cncc(S(N)(=O)=O)c1. The number of nitrogens with zero attached hydrogens (tertiary/aromatic N) is 1. The number of pyridine rings is 1. The van der Waals surface area contributed by atoms with E-state index in [4.69, 9.17) is 14.3 Å². The minimum absolute atomic E-state index is 0.0926. The number of nitrogens with two attached hydrogens (primary N) is 1. The summed E-state index contributed by atoms with van der Waals surface area (Å²) in [5.41, 5.74) is 2.93. The molecule has 0 radical (unpaired) electrons. The van der Waals surface area contributed by atoms with Gasteiger partial charge < -0.3 is 9.16 Å². The molecule has 0 aliphatic heterocycles. The number of hydrogen-bond donors (Lipinski definition) is 1. The van der Waals surface area contributed by atoms with Gasteiger partial charge in [-0.1, -0.05) is 33.8 Å². The first-order valence-corrected chi connectivity index (χ1v) is 18.6. The summed E-state index contributed by atoms with van der Waals surface area (Å²) >= 11 is 0. The molecule has 39 heavy (non-hydrogen) atoms. The van der Waals surface area contributed by atoms with E-state index in [0.717, 1.165) is 50.5 Å². The monoisotopic (exact) mass is 570 g/mol. The number of sulfonamides is 1. The lowest BCUT2D eigenvalue weighted by molar-refractivity contribution is -0.0428. The molecule has 1 heterocycles. The molecule has 0 amide bonds. The van der Waals surface area contributed by atoms with Gasteiger partial charge in [-0.25, -0.2) is 18.4 Å². The van der Waals surface area contributed by atoms with Crippen LogP contribution in [0.25, 0.3) is 0 Å². The van der Waals surface area contributed by atoms with E-state index in [1.54, 1.807) is 0 Å². The second kappa shape index (κ2) is 9.70. The zero-order valence-corrected chi connectivity index (χ0v) is 25.8. The Morgan fingerprint density at radius 1 is 1.10 bits per heavy atom. The summed E-state index contributed by atoms with van der Waals surface area (Å²) in [4.78, 5) is 16.7. The maximum Gasteiger partial charge on any atom is 0.340 e. The van der Waals surface area contributed by atoms with Crippen LogP contribution >= 0.6 is 0 Å². The first-order valence-electron chi connectivity index (χ1n) is 14.1. The Morgan fingerprint density at radius 3 is 2.54 bits per heavy atom. The van der Waals surface area contributed by atoms with Crippen LogP contribution in [0.5, 0.6) is 5.75 Å². The Bertz CT molecular complexity index is 1390. The minimum Gasteiger partial charge on any atom is -0.543 e. The van der Waals surface area contributed by atoms with Crippen molar-refractivity contribution in [1.82, 2.24) is 4.98 Å². The molecular formula is C30H42N2O5SSi. The van der Waals surface area contributed by atoms with Gasteiger partial charge in [0.2, 0.25) is 18.3 Å². The standard InChI is InChI=1S/C30H42N2O5SSi/c1-29(2,3)39(5,6)37-21-8-10-23-19(15-21)7-9-25-24(23)13-14-30(4)26(25)11-12-27(30)36-28(33)20-16-22(18-32-17-20)38(31,34)35/h8,10,15-18,24-27H,7,9,11-14H2,1-6H3,(H2,31,34,35)/t24?,25?,26?,27-,30-/m0/s1. The maximum atomic E-state index is 13.0. The van der Waals surface area contributed by atoms with Crippen LogP contribution in [-0.2, 0) is 21.2 Å². The van der Waals surface area contributed by atoms with Crippen LogP contribution in [-0.4, -0.2) is 33.8 Å². The highest BCUT2D eigenvalue weighted by Gasteiger charge is 2.56. The molecule has 0 bridgehead atoms. The lowest BCUT2D eigenvalue weighted by Gasteiger charge is -2.50. The number of esters is 1. The Balaban J connectivity index is 1.31. The summed E-state index contributed by atoms with van der Waals surface area (Å²) in [6.07, 6.45) is 8.40. The number of ether oxygens (including phenoxy) is 1. The molecule has 0 saturated heterocycles. The minimum atomic E-state index is -3.95. The highest BCUT2D eigenvalue weighted by atomic mass is 32.2. The van der Waals surface area contributed by atoms with E-state index in [-0.39, 0.29) is 27.0 Å². The van der Waals surface area contributed by atoms with E-state index in [2.05, 4.69) is 64.0 Å². The van der Waals surface area contributed by atoms with E-state index in [9.17, 15) is 13.2 Å². The summed E-state index contributed by atoms with van der Waals surface area (Å²) < 4.78 is 36.1. The fourth-order valence-electron chi connectivity index (χ4n) is 7.10. The molecule has 2 N–H and O–H groups in total. The molecule has 1 aromatic carbocycles. The molecule has 212 valence electrons. The van der Waals surface area contributed by atoms with Gasteiger partial charge in [-0.15, -0.1) is 0 Å². The fraction of sp³-hybridized carbons (Fsp3) is 0.600. The zero-order valence-electron chi connectivity index (χ0n) is 24.0. The maximum absolute atomic E-state index is 13.0. The third-order valence-electron chi connectivity index (χ3n) is 10.3. The predicted molar refractivity (Wildman–Crippen MR) is 154 cm³/mol. The van der Waals surface area contributed by atoms with E-state index in [0.29, 0.717) is 17.8 Å². The highest BCUT2D eigenvalue weighted by Crippen LogP contribution is 2.61. The van der Waals surface area contributed by atoms with Crippen molar-refractivity contribution in [3.8, 4) is 5.75 Å². The lowest BCUT2D eigenvalue weighted by atomic mass is 9.55. The molecule has 7 nitrogen and oxygen atoms in total. The number of primary sulfonamides is 1. The number of rotatable bonds is 5. The lowest BCUT2D eigenvalue weighted by Crippen LogP contribution is -2.45. The second-order valence-corrected chi connectivity index (χ2v) is 19.9. The molecule has 3 unspecified atom stereocenters. The molecule has 2 saturated carbocycles. The number of carbonyl (C=O) groups is 1. The summed E-state index contributed by atoms with van der Waals surface area (Å²) in [6, 6.07) is 8.04. The largest absolute Gasteiger partial charge is 0.543 e. The molecule has 0 spiro atoms. The van der Waals surface area contributed by atoms with Gasteiger partial charge >= 0.3 is 5.97 Å². The molecule has 2 aromatic rings. The average molecular weight is 571 g/mol. The fourth-order valence-corrected chi connectivity index (χ4v) is 8.62. The topological polar surface area (TPSA) is 109 Å². The van der Waals surface area contributed by atoms with E-state index < -0.39 is 24.3 Å². The number of fused-ring (bicyclic) bond motifs is 5. The van der Waals surface area contributed by atoms with Gasteiger partial charge in [0.15, 0.2) is 0 Å². The van der Waals surface area contributed by atoms with Gasteiger partial charge in [-0.2, -0.15) is 0 Å². The Hall–Kier alpha value is -2.23. The Labute approximate surface area is 234 Å². The normalized spacial score (nSPS) is 28.7. The third-order valence-corrected chi connectivity index (χ3v) is 15.6. The van der Waals surface area contributed by atoms with Crippen molar-refractivity contribution in [1.29, 1.82) is 0 Å². The van der Waals surface area contributed by atoms with Crippen molar-refractivity contribution >= 4 is 24.3 Å². The van der Waals surface area contributed by atoms with E-state index in [1.807, 2.05) is 0 Å². The number of carbonyl (C=O) groups excluding carboxylic acids is 1. The summed E-state index contributed by atoms with van der Waals surface area (Å²) in [5, 5.41) is 5.38. The van der Waals surface area contributed by atoms with Gasteiger partial charge in [0.1, 0.15) is 16.7 Å². The number of benzene rings is 1. The summed E-state index contributed by atoms with van der Waals surface area (Å²) in [7, 11) is -5.84. The van der Waals surface area contributed by atoms with Gasteiger partial charge in [0, 0.05) is 17.8 Å². The number of aromatic nitrogens is 1. The van der Waals surface area contributed by atoms with Crippen LogP contribution < -0.4 is 9.56 Å². The van der Waals surface area contributed by atoms with Crippen LogP contribution in [0, 0.1) is 17.3 Å². The number of hydrogen-bond acceptors (Lipinski definition) is 6. The van der Waals surface area contributed by atoms with Crippen LogP contribution in [0.2, 0.25) is 18.1 Å². The molecule has 3 aliphatic rings. The van der Waals surface area contributed by atoms with E-state index in [1.165, 1.54) is 23.4 Å². The van der Waals surface area contributed by atoms with Crippen molar-refractivity contribution in [2.24, 2.45) is 22.4 Å². The number of aryl methyl sites for hydroxylation is 1. The van der Waals surface area contributed by atoms with Crippen LogP contribution in [0.15, 0.2) is 41.6 Å². The quantitative estimate of drug-likeness (QED) is 0.339. The molecule has 9 heteroatoms. The average Bonchev–Trinajstić information content (AvgIpc) is 3.18. The molecular weight excluding hydrogens is 528 g/mol. The first kappa shape index (κ1) is 28.3. The molecule has 5 atom stereocenters. The highest BCUT2D eigenvalue weighted by molar-refractivity contribution is 7.89. The van der Waals surface area contributed by atoms with Gasteiger partial charge in [0.25, 0.3) is 0 Å². The van der Waals surface area contributed by atoms with Crippen molar-refractivity contribution in [3.63, 3.8) is 0 Å². The summed E-state index contributed by atoms with van der Waals surface area (Å²) in [5.74, 6) is 2.05. The molecule has 5 rings (SSSR count). The van der Waals surface area contributed by atoms with Crippen molar-refractivity contribution in [2.75, 3.05) is 0 Å². The van der Waals surface area contributed by atoms with Crippen molar-refractivity contribution in [3.05, 3.63) is 53.3 Å². The molecule has 2 fully saturated rings. The van der Waals surface area contributed by atoms with Crippen LogP contribution in [0.3, 0.4) is 0 Å². The van der Waals surface area contributed by atoms with E-state index >= 15 is 0 Å². The van der Waals surface area contributed by atoms with Gasteiger partial charge in [-0.3, -0.25) is 4.98 Å². The Morgan fingerprint density at radius 2 is 1.85 bits per heavy atom.